The monoisotopic (exact) mass is 632 g/mol. The molecule has 0 fully saturated rings. The number of rotatable bonds is 18. The van der Waals surface area contributed by atoms with Crippen molar-refractivity contribution in [2.45, 2.75) is 58.2 Å². The van der Waals surface area contributed by atoms with Gasteiger partial charge in [-0.25, -0.2) is 14.4 Å². The first-order valence-electron chi connectivity index (χ1n) is 16.0. The van der Waals surface area contributed by atoms with Gasteiger partial charge in [-0.1, -0.05) is 91.0 Å². The quantitative estimate of drug-likeness (QED) is 0.162. The summed E-state index contributed by atoms with van der Waals surface area (Å²) in [6.45, 7) is 7.29. The largest absolute Gasteiger partial charge is 0.450 e. The van der Waals surface area contributed by atoms with E-state index in [1.807, 2.05) is 91.0 Å². The molecule has 46 heavy (non-hydrogen) atoms. The maximum Gasteiger partial charge on any atom is 0.407 e. The van der Waals surface area contributed by atoms with Crippen molar-refractivity contribution in [2.75, 3.05) is 39.5 Å². The summed E-state index contributed by atoms with van der Waals surface area (Å²) in [5.74, 6) is 0. The van der Waals surface area contributed by atoms with Gasteiger partial charge < -0.3 is 30.2 Å². The van der Waals surface area contributed by atoms with Crippen LogP contribution in [-0.4, -0.2) is 80.8 Å². The van der Waals surface area contributed by atoms with Gasteiger partial charge in [-0.2, -0.15) is 0 Å². The summed E-state index contributed by atoms with van der Waals surface area (Å²) >= 11 is 0. The molecule has 10 heteroatoms. The number of carbonyl (C=O) groups is 3. The summed E-state index contributed by atoms with van der Waals surface area (Å²) in [6, 6.07) is 28.8. The summed E-state index contributed by atoms with van der Waals surface area (Å²) in [7, 11) is 0. The Morgan fingerprint density at radius 3 is 1.00 bits per heavy atom. The molecule has 0 bridgehead atoms. The first kappa shape index (κ1) is 35.9. The highest BCUT2D eigenvalue weighted by atomic mass is 16.6. The third-order valence-electron chi connectivity index (χ3n) is 7.20. The van der Waals surface area contributed by atoms with Gasteiger partial charge in [-0.05, 0) is 56.7 Å². The average Bonchev–Trinajstić information content (AvgIpc) is 3.02. The molecular formula is C36H48N4O6. The van der Waals surface area contributed by atoms with E-state index in [-0.39, 0.29) is 37.9 Å². The normalized spacial score (nSPS) is 12.8. The lowest BCUT2D eigenvalue weighted by Crippen LogP contribution is -2.54. The number of ether oxygens (including phenoxy) is 3. The number of nitrogens with zero attached hydrogens (tertiary/aromatic N) is 1. The number of hydrogen-bond donors (Lipinski definition) is 3. The van der Waals surface area contributed by atoms with Crippen LogP contribution in [0, 0.1) is 0 Å². The summed E-state index contributed by atoms with van der Waals surface area (Å²) in [4.78, 5) is 40.2. The van der Waals surface area contributed by atoms with E-state index in [1.165, 1.54) is 0 Å². The molecular weight excluding hydrogens is 584 g/mol. The van der Waals surface area contributed by atoms with Crippen LogP contribution >= 0.6 is 0 Å². The molecule has 0 unspecified atom stereocenters. The van der Waals surface area contributed by atoms with Gasteiger partial charge in [0, 0.05) is 37.8 Å². The second-order valence-electron chi connectivity index (χ2n) is 11.0. The Morgan fingerprint density at radius 2 is 0.761 bits per heavy atom. The van der Waals surface area contributed by atoms with E-state index in [1.54, 1.807) is 20.8 Å². The first-order chi connectivity index (χ1) is 22.4. The van der Waals surface area contributed by atoms with E-state index in [2.05, 4.69) is 20.9 Å². The third-order valence-corrected chi connectivity index (χ3v) is 7.20. The molecule has 248 valence electrons. The van der Waals surface area contributed by atoms with Crippen LogP contribution in [0.4, 0.5) is 14.4 Å². The fraction of sp³-hybridized carbons (Fsp3) is 0.417. The zero-order chi connectivity index (χ0) is 33.0. The fourth-order valence-electron chi connectivity index (χ4n) is 5.36. The topological polar surface area (TPSA) is 118 Å². The van der Waals surface area contributed by atoms with E-state index in [9.17, 15) is 14.4 Å². The second-order valence-corrected chi connectivity index (χ2v) is 11.0. The lowest BCUT2D eigenvalue weighted by molar-refractivity contribution is 0.130. The molecule has 0 saturated carbocycles. The molecule has 10 nitrogen and oxygen atoms in total. The minimum absolute atomic E-state index is 0.249. The van der Waals surface area contributed by atoms with Crippen molar-refractivity contribution in [3.63, 3.8) is 0 Å². The van der Waals surface area contributed by atoms with Crippen molar-refractivity contribution in [3.8, 4) is 0 Å². The molecule has 0 heterocycles. The van der Waals surface area contributed by atoms with Gasteiger partial charge in [0.15, 0.2) is 0 Å². The predicted molar refractivity (Wildman–Crippen MR) is 179 cm³/mol. The lowest BCUT2D eigenvalue weighted by atomic mass is 10.0. The van der Waals surface area contributed by atoms with Gasteiger partial charge in [-0.3, -0.25) is 4.90 Å². The van der Waals surface area contributed by atoms with Gasteiger partial charge in [0.05, 0.1) is 19.8 Å². The van der Waals surface area contributed by atoms with Crippen LogP contribution in [0.15, 0.2) is 91.0 Å². The van der Waals surface area contributed by atoms with E-state index in [0.717, 1.165) is 16.7 Å². The highest BCUT2D eigenvalue weighted by Crippen LogP contribution is 2.12. The van der Waals surface area contributed by atoms with Crippen molar-refractivity contribution in [3.05, 3.63) is 108 Å². The third kappa shape index (κ3) is 14.0. The van der Waals surface area contributed by atoms with Crippen molar-refractivity contribution in [2.24, 2.45) is 0 Å². The van der Waals surface area contributed by atoms with Gasteiger partial charge in [0.2, 0.25) is 0 Å². The number of alkyl carbamates (subject to hydrolysis) is 3. The average molecular weight is 633 g/mol. The summed E-state index contributed by atoms with van der Waals surface area (Å²) in [5.41, 5.74) is 3.17. The molecule has 3 N–H and O–H groups in total. The van der Waals surface area contributed by atoms with Crippen LogP contribution in [-0.2, 0) is 33.5 Å². The Hall–Kier alpha value is -4.57. The smallest absolute Gasteiger partial charge is 0.407 e. The Bertz CT molecular complexity index is 1140. The van der Waals surface area contributed by atoms with Gasteiger partial charge >= 0.3 is 18.3 Å². The molecule has 3 amide bonds. The Labute approximate surface area is 272 Å². The molecule has 0 aliphatic heterocycles. The van der Waals surface area contributed by atoms with E-state index >= 15 is 0 Å². The molecule has 0 aliphatic carbocycles. The SMILES string of the molecule is CCOC(=O)N[C@@H](Cc1ccccc1)CN(C[C@H](Cc1ccccc1)NC(=O)OCC)C[C@H](Cc1ccccc1)NC(=O)OCC. The number of benzene rings is 3. The fourth-order valence-corrected chi connectivity index (χ4v) is 5.36. The maximum atomic E-state index is 12.7. The van der Waals surface area contributed by atoms with Gasteiger partial charge in [0.25, 0.3) is 0 Å². The molecule has 3 rings (SSSR count). The Morgan fingerprint density at radius 1 is 0.500 bits per heavy atom. The van der Waals surface area contributed by atoms with Gasteiger partial charge in [0.1, 0.15) is 0 Å². The second kappa shape index (κ2) is 20.5. The van der Waals surface area contributed by atoms with Crippen LogP contribution in [0.2, 0.25) is 0 Å². The van der Waals surface area contributed by atoms with Crippen LogP contribution in [0.5, 0.6) is 0 Å². The summed E-state index contributed by atoms with van der Waals surface area (Å²) in [6.07, 6.45) is 0.163. The van der Waals surface area contributed by atoms with Crippen molar-refractivity contribution < 1.29 is 28.6 Å². The minimum atomic E-state index is -0.501. The van der Waals surface area contributed by atoms with Crippen molar-refractivity contribution >= 4 is 18.3 Å². The molecule has 0 aliphatic rings. The van der Waals surface area contributed by atoms with Crippen molar-refractivity contribution in [1.82, 2.24) is 20.9 Å². The Kier molecular flexibility index (Phi) is 16.0. The highest BCUT2D eigenvalue weighted by molar-refractivity contribution is 5.68. The molecule has 3 aromatic carbocycles. The number of amides is 3. The highest BCUT2D eigenvalue weighted by Gasteiger charge is 2.26. The summed E-state index contributed by atoms with van der Waals surface area (Å²) < 4.78 is 15.8. The predicted octanol–water partition coefficient (Wildman–Crippen LogP) is 5.36. The molecule has 3 atom stereocenters. The number of nitrogens with one attached hydrogen (secondary N) is 3. The molecule has 0 aromatic heterocycles. The molecule has 0 saturated heterocycles. The lowest BCUT2D eigenvalue weighted by Gasteiger charge is -2.34. The van der Waals surface area contributed by atoms with E-state index in [4.69, 9.17) is 14.2 Å². The maximum absolute atomic E-state index is 12.7. The van der Waals surface area contributed by atoms with Crippen LogP contribution < -0.4 is 16.0 Å². The van der Waals surface area contributed by atoms with Crippen LogP contribution in [0.3, 0.4) is 0 Å². The van der Waals surface area contributed by atoms with Crippen molar-refractivity contribution in [1.29, 1.82) is 0 Å². The van der Waals surface area contributed by atoms with E-state index < -0.39 is 18.3 Å². The summed E-state index contributed by atoms with van der Waals surface area (Å²) in [5, 5.41) is 9.11. The molecule has 0 radical (unpaired) electrons. The molecule has 0 spiro atoms. The molecule has 3 aromatic rings. The zero-order valence-electron chi connectivity index (χ0n) is 27.2. The standard InChI is InChI=1S/C36H48N4O6/c1-4-44-34(41)37-31(22-28-16-10-7-11-17-28)25-40(26-32(38-35(42)45-5-2)23-29-18-12-8-13-19-29)27-33(39-36(43)46-6-3)24-30-20-14-9-15-21-30/h7-21,31-33H,4-6,22-27H2,1-3H3,(H,37,41)(H,38,42)(H,39,43)/t31-,32-,33-/m0/s1. The minimum Gasteiger partial charge on any atom is -0.450 e. The zero-order valence-corrected chi connectivity index (χ0v) is 27.2. The van der Waals surface area contributed by atoms with Gasteiger partial charge in [-0.15, -0.1) is 0 Å². The van der Waals surface area contributed by atoms with Crippen LogP contribution in [0.1, 0.15) is 37.5 Å². The number of hydrogen-bond acceptors (Lipinski definition) is 7. The number of carbonyl (C=O) groups excluding carboxylic acids is 3. The first-order valence-corrected chi connectivity index (χ1v) is 16.0. The Balaban J connectivity index is 1.95. The van der Waals surface area contributed by atoms with Crippen LogP contribution in [0.25, 0.3) is 0 Å². The van der Waals surface area contributed by atoms with E-state index in [0.29, 0.717) is 38.9 Å².